The molecule has 1 fully saturated rings. The summed E-state index contributed by atoms with van der Waals surface area (Å²) in [6.07, 6.45) is 1.17. The lowest BCUT2D eigenvalue weighted by Gasteiger charge is -2.05. The number of hydrogen-bond donors (Lipinski definition) is 3. The number of carbonyl (C=O) groups excluding carboxylic acids is 1. The van der Waals surface area contributed by atoms with Crippen LogP contribution in [-0.2, 0) is 0 Å². The molecule has 0 aliphatic heterocycles. The van der Waals surface area contributed by atoms with Gasteiger partial charge >= 0.3 is 0 Å². The molecule has 1 aliphatic carbocycles. The molecule has 100 valence electrons. The van der Waals surface area contributed by atoms with Crippen LogP contribution in [0.4, 0.5) is 10.9 Å². The number of thiazole rings is 1. The van der Waals surface area contributed by atoms with Crippen molar-refractivity contribution in [2.75, 3.05) is 24.1 Å². The van der Waals surface area contributed by atoms with E-state index in [1.54, 1.807) is 0 Å². The van der Waals surface area contributed by atoms with Crippen LogP contribution in [0.5, 0.6) is 0 Å². The fourth-order valence-corrected chi connectivity index (χ4v) is 2.81. The molecule has 6 heteroatoms. The van der Waals surface area contributed by atoms with E-state index in [2.05, 4.69) is 29.5 Å². The van der Waals surface area contributed by atoms with Crippen molar-refractivity contribution in [3.63, 3.8) is 0 Å². The Bertz CT molecular complexity index is 455. The zero-order valence-corrected chi connectivity index (χ0v) is 11.9. The second kappa shape index (κ2) is 4.76. The van der Waals surface area contributed by atoms with E-state index >= 15 is 0 Å². The molecule has 1 atom stereocenters. The van der Waals surface area contributed by atoms with Gasteiger partial charge in [0.05, 0.1) is 0 Å². The lowest BCUT2D eigenvalue weighted by molar-refractivity contribution is 0.0955. The van der Waals surface area contributed by atoms with Gasteiger partial charge in [0.15, 0.2) is 5.13 Å². The Labute approximate surface area is 111 Å². The lowest BCUT2D eigenvalue weighted by Crippen LogP contribution is -2.26. The largest absolute Gasteiger partial charge is 0.382 e. The molecule has 0 saturated heterocycles. The highest BCUT2D eigenvalue weighted by Crippen LogP contribution is 2.51. The van der Waals surface area contributed by atoms with Crippen molar-refractivity contribution < 1.29 is 4.79 Å². The van der Waals surface area contributed by atoms with Crippen molar-refractivity contribution in [3.8, 4) is 0 Å². The molecule has 5 nitrogen and oxygen atoms in total. The van der Waals surface area contributed by atoms with Gasteiger partial charge in [-0.15, -0.1) is 0 Å². The van der Waals surface area contributed by atoms with Gasteiger partial charge in [-0.2, -0.15) is 0 Å². The maximum absolute atomic E-state index is 12.0. The quantitative estimate of drug-likeness (QED) is 0.762. The Morgan fingerprint density at radius 3 is 2.83 bits per heavy atom. The number of carbonyl (C=O) groups is 1. The van der Waals surface area contributed by atoms with Crippen LogP contribution < -0.4 is 16.4 Å². The molecular weight excluding hydrogens is 248 g/mol. The third-order valence-electron chi connectivity index (χ3n) is 3.41. The number of amides is 1. The first-order valence-corrected chi connectivity index (χ1v) is 7.04. The number of rotatable bonds is 5. The Kier molecular flexibility index (Phi) is 3.47. The fourth-order valence-electron chi connectivity index (χ4n) is 1.94. The van der Waals surface area contributed by atoms with Gasteiger partial charge < -0.3 is 16.4 Å². The third kappa shape index (κ3) is 2.75. The highest BCUT2D eigenvalue weighted by atomic mass is 32.1. The molecule has 0 bridgehead atoms. The van der Waals surface area contributed by atoms with Gasteiger partial charge in [-0.1, -0.05) is 25.2 Å². The number of nitrogens with two attached hydrogens (primary N) is 1. The van der Waals surface area contributed by atoms with Gasteiger partial charge in [-0.3, -0.25) is 4.79 Å². The molecule has 1 aliphatic rings. The highest BCUT2D eigenvalue weighted by molar-refractivity contribution is 7.18. The molecule has 1 heterocycles. The zero-order valence-electron chi connectivity index (χ0n) is 11.0. The molecule has 0 radical (unpaired) electrons. The molecule has 18 heavy (non-hydrogen) atoms. The predicted octanol–water partition coefficient (Wildman–Crippen LogP) is 1.93. The van der Waals surface area contributed by atoms with E-state index in [0.717, 1.165) is 13.1 Å². The van der Waals surface area contributed by atoms with Gasteiger partial charge in [0.25, 0.3) is 5.91 Å². The summed E-state index contributed by atoms with van der Waals surface area (Å²) in [6.45, 7) is 7.90. The molecule has 0 aromatic carbocycles. The Morgan fingerprint density at radius 1 is 1.61 bits per heavy atom. The van der Waals surface area contributed by atoms with E-state index in [1.165, 1.54) is 17.8 Å². The SMILES string of the molecule is CCNc1nc(N)c(C(=O)NCC2CC2(C)C)s1. The van der Waals surface area contributed by atoms with E-state index in [1.807, 2.05) is 6.92 Å². The van der Waals surface area contributed by atoms with Crippen molar-refractivity contribution in [1.29, 1.82) is 0 Å². The van der Waals surface area contributed by atoms with E-state index in [0.29, 0.717) is 27.2 Å². The minimum atomic E-state index is -0.114. The summed E-state index contributed by atoms with van der Waals surface area (Å²) in [6, 6.07) is 0. The average Bonchev–Trinajstić information content (AvgIpc) is 2.72. The first kappa shape index (κ1) is 13.1. The van der Waals surface area contributed by atoms with Gasteiger partial charge in [0, 0.05) is 13.1 Å². The van der Waals surface area contributed by atoms with E-state index in [4.69, 9.17) is 5.73 Å². The van der Waals surface area contributed by atoms with Crippen LogP contribution in [0.3, 0.4) is 0 Å². The van der Waals surface area contributed by atoms with Crippen LogP contribution in [0.2, 0.25) is 0 Å². The maximum Gasteiger partial charge on any atom is 0.265 e. The summed E-state index contributed by atoms with van der Waals surface area (Å²) in [5, 5.41) is 6.70. The number of nitrogens with zero attached hydrogens (tertiary/aromatic N) is 1. The monoisotopic (exact) mass is 268 g/mol. The molecule has 1 saturated carbocycles. The normalized spacial score (nSPS) is 20.5. The van der Waals surface area contributed by atoms with Crippen molar-refractivity contribution in [1.82, 2.24) is 10.3 Å². The summed E-state index contributed by atoms with van der Waals surface area (Å²) in [5.41, 5.74) is 6.12. The van der Waals surface area contributed by atoms with Crippen LogP contribution >= 0.6 is 11.3 Å². The summed E-state index contributed by atoms with van der Waals surface area (Å²) < 4.78 is 0. The number of nitrogen functional groups attached to an aromatic ring is 1. The minimum absolute atomic E-state index is 0.114. The maximum atomic E-state index is 12.0. The average molecular weight is 268 g/mol. The summed E-state index contributed by atoms with van der Waals surface area (Å²) in [5.74, 6) is 0.782. The summed E-state index contributed by atoms with van der Waals surface area (Å²) >= 11 is 1.30. The van der Waals surface area contributed by atoms with Crippen LogP contribution in [0.15, 0.2) is 0 Å². The zero-order chi connectivity index (χ0) is 13.3. The molecule has 1 aromatic rings. The molecule has 1 unspecified atom stereocenters. The van der Waals surface area contributed by atoms with Crippen molar-refractivity contribution in [3.05, 3.63) is 4.88 Å². The van der Waals surface area contributed by atoms with Gasteiger partial charge in [-0.25, -0.2) is 4.98 Å². The van der Waals surface area contributed by atoms with E-state index in [-0.39, 0.29) is 5.91 Å². The molecular formula is C12H20N4OS. The van der Waals surface area contributed by atoms with Crippen molar-refractivity contribution >= 4 is 28.2 Å². The highest BCUT2D eigenvalue weighted by Gasteiger charge is 2.45. The van der Waals surface area contributed by atoms with Crippen molar-refractivity contribution in [2.45, 2.75) is 27.2 Å². The van der Waals surface area contributed by atoms with Gasteiger partial charge in [0.2, 0.25) is 0 Å². The number of anilines is 2. The minimum Gasteiger partial charge on any atom is -0.382 e. The first-order valence-electron chi connectivity index (χ1n) is 6.22. The fraction of sp³-hybridized carbons (Fsp3) is 0.667. The Balaban J connectivity index is 1.92. The number of aromatic nitrogens is 1. The second-order valence-corrected chi connectivity index (χ2v) is 6.36. The number of hydrogen-bond acceptors (Lipinski definition) is 5. The number of nitrogens with one attached hydrogen (secondary N) is 2. The first-order chi connectivity index (χ1) is 8.44. The lowest BCUT2D eigenvalue weighted by atomic mass is 10.1. The summed E-state index contributed by atoms with van der Waals surface area (Å²) in [7, 11) is 0. The predicted molar refractivity (Wildman–Crippen MR) is 74.9 cm³/mol. The van der Waals surface area contributed by atoms with Gasteiger partial charge in [-0.05, 0) is 24.7 Å². The topological polar surface area (TPSA) is 80.0 Å². The van der Waals surface area contributed by atoms with Gasteiger partial charge in [0.1, 0.15) is 10.7 Å². The molecule has 0 spiro atoms. The van der Waals surface area contributed by atoms with Crippen LogP contribution in [0, 0.1) is 11.3 Å². The second-order valence-electron chi connectivity index (χ2n) is 5.36. The summed E-state index contributed by atoms with van der Waals surface area (Å²) in [4.78, 5) is 16.6. The standard InChI is InChI=1S/C12H20N4OS/c1-4-14-11-16-9(13)8(18-11)10(17)15-6-7-5-12(7,2)3/h7H,4-6,13H2,1-3H3,(H,14,16)(H,15,17). The van der Waals surface area contributed by atoms with Crippen LogP contribution in [0.1, 0.15) is 36.9 Å². The molecule has 1 aromatic heterocycles. The Hall–Kier alpha value is -1.30. The smallest absolute Gasteiger partial charge is 0.265 e. The molecule has 1 amide bonds. The third-order valence-corrected chi connectivity index (χ3v) is 4.44. The van der Waals surface area contributed by atoms with Crippen molar-refractivity contribution in [2.24, 2.45) is 11.3 Å². The van der Waals surface area contributed by atoms with Crippen LogP contribution in [-0.4, -0.2) is 24.0 Å². The van der Waals surface area contributed by atoms with E-state index < -0.39 is 0 Å². The Morgan fingerprint density at radius 2 is 2.28 bits per heavy atom. The van der Waals surface area contributed by atoms with E-state index in [9.17, 15) is 4.79 Å². The van der Waals surface area contributed by atoms with Crippen LogP contribution in [0.25, 0.3) is 0 Å². The molecule has 4 N–H and O–H groups in total. The molecule has 2 rings (SSSR count).